The number of aromatic nitrogens is 5. The predicted molar refractivity (Wildman–Crippen MR) is 99.7 cm³/mol. The molecule has 2 aliphatic rings. The van der Waals surface area contributed by atoms with Crippen molar-refractivity contribution in [3.63, 3.8) is 0 Å². The van der Waals surface area contributed by atoms with Crippen LogP contribution in [0.25, 0.3) is 5.65 Å². The molecule has 0 unspecified atom stereocenters. The van der Waals surface area contributed by atoms with Gasteiger partial charge >= 0.3 is 5.97 Å². The predicted octanol–water partition coefficient (Wildman–Crippen LogP) is 0.885. The normalized spacial score (nSPS) is 26.3. The van der Waals surface area contributed by atoms with Crippen LogP contribution < -0.4 is 10.2 Å². The zero-order chi connectivity index (χ0) is 19.7. The third-order valence-electron chi connectivity index (χ3n) is 6.14. The lowest BCUT2D eigenvalue weighted by Gasteiger charge is -2.38. The molecule has 1 aliphatic carbocycles. The summed E-state index contributed by atoms with van der Waals surface area (Å²) in [6.45, 7) is 3.48. The number of carboxylic acids is 1. The fraction of sp³-hybridized carbons (Fsp3) is 0.667. The molecule has 150 valence electrons. The third-order valence-corrected chi connectivity index (χ3v) is 6.14. The lowest BCUT2D eigenvalue weighted by atomic mass is 9.76. The Morgan fingerprint density at radius 3 is 2.57 bits per heavy atom. The highest BCUT2D eigenvalue weighted by atomic mass is 16.4. The van der Waals surface area contributed by atoms with Crippen LogP contribution in [-0.2, 0) is 9.59 Å². The van der Waals surface area contributed by atoms with Gasteiger partial charge in [-0.05, 0) is 67.0 Å². The number of carbonyl (C=O) groups is 2. The molecule has 3 heterocycles. The SMILES string of the molecule is CC1CCC(NC(=O)C2CCN(c3ccc4nnnn4n3)CC2)(C(=O)O)CC1. The molecule has 2 N–H and O–H groups in total. The van der Waals surface area contributed by atoms with E-state index < -0.39 is 11.5 Å². The number of hydrogen-bond donors (Lipinski definition) is 2. The maximum Gasteiger partial charge on any atom is 0.329 e. The summed E-state index contributed by atoms with van der Waals surface area (Å²) in [5.74, 6) is 0.0489. The third kappa shape index (κ3) is 3.50. The Balaban J connectivity index is 1.37. The first-order valence-corrected chi connectivity index (χ1v) is 9.83. The first kappa shape index (κ1) is 18.6. The monoisotopic (exact) mass is 387 g/mol. The highest BCUT2D eigenvalue weighted by Crippen LogP contribution is 2.33. The molecule has 0 radical (unpaired) electrons. The molecule has 2 aromatic rings. The number of rotatable bonds is 4. The van der Waals surface area contributed by atoms with Crippen molar-refractivity contribution in [3.8, 4) is 0 Å². The zero-order valence-corrected chi connectivity index (χ0v) is 15.9. The minimum Gasteiger partial charge on any atom is -0.480 e. The van der Waals surface area contributed by atoms with Gasteiger partial charge < -0.3 is 15.3 Å². The number of hydrogen-bond acceptors (Lipinski definition) is 7. The number of nitrogens with one attached hydrogen (secondary N) is 1. The molecule has 0 atom stereocenters. The Kier molecular flexibility index (Phi) is 4.86. The molecule has 10 nitrogen and oxygen atoms in total. The first-order chi connectivity index (χ1) is 13.5. The van der Waals surface area contributed by atoms with Crippen LogP contribution >= 0.6 is 0 Å². The molecule has 0 spiro atoms. The number of amides is 1. The van der Waals surface area contributed by atoms with E-state index in [1.807, 2.05) is 12.1 Å². The van der Waals surface area contributed by atoms with E-state index in [0.29, 0.717) is 50.3 Å². The van der Waals surface area contributed by atoms with Gasteiger partial charge in [0.2, 0.25) is 5.91 Å². The molecule has 2 fully saturated rings. The van der Waals surface area contributed by atoms with Gasteiger partial charge in [-0.25, -0.2) is 4.79 Å². The Morgan fingerprint density at radius 2 is 1.89 bits per heavy atom. The van der Waals surface area contributed by atoms with Crippen LogP contribution in [0.3, 0.4) is 0 Å². The number of tetrazole rings is 1. The zero-order valence-electron chi connectivity index (χ0n) is 15.9. The van der Waals surface area contributed by atoms with E-state index in [-0.39, 0.29) is 11.8 Å². The molecule has 28 heavy (non-hydrogen) atoms. The lowest BCUT2D eigenvalue weighted by molar-refractivity contribution is -0.150. The Bertz CT molecular complexity index is 867. The first-order valence-electron chi connectivity index (χ1n) is 9.83. The largest absolute Gasteiger partial charge is 0.480 e. The van der Waals surface area contributed by atoms with Gasteiger partial charge in [0, 0.05) is 19.0 Å². The van der Waals surface area contributed by atoms with Gasteiger partial charge in [-0.1, -0.05) is 6.92 Å². The summed E-state index contributed by atoms with van der Waals surface area (Å²) in [4.78, 5) is 26.8. The Morgan fingerprint density at radius 1 is 1.18 bits per heavy atom. The van der Waals surface area contributed by atoms with E-state index in [9.17, 15) is 14.7 Å². The summed E-state index contributed by atoms with van der Waals surface area (Å²) in [5, 5.41) is 28.3. The standard InChI is InChI=1S/C18H25N7O3/c1-12-4-8-18(9-5-12,17(27)28)19-16(26)13-6-10-24(11-7-13)15-3-2-14-20-22-23-25(14)21-15/h2-3,12-13H,4-11H2,1H3,(H,19,26)(H,27,28). The fourth-order valence-electron chi connectivity index (χ4n) is 4.16. The molecule has 1 saturated heterocycles. The number of piperidine rings is 1. The highest BCUT2D eigenvalue weighted by molar-refractivity contribution is 5.88. The number of carboxylic acid groups (broad SMARTS) is 1. The Hall–Kier alpha value is -2.78. The van der Waals surface area contributed by atoms with Gasteiger partial charge in [-0.3, -0.25) is 4.79 Å². The van der Waals surface area contributed by atoms with Gasteiger partial charge in [-0.2, -0.15) is 0 Å². The maximum atomic E-state index is 12.8. The van der Waals surface area contributed by atoms with Gasteiger partial charge in [0.05, 0.1) is 0 Å². The van der Waals surface area contributed by atoms with E-state index in [4.69, 9.17) is 0 Å². The number of carbonyl (C=O) groups excluding carboxylic acids is 1. The summed E-state index contributed by atoms with van der Waals surface area (Å²) in [5.41, 5.74) is -0.522. The van der Waals surface area contributed by atoms with Crippen molar-refractivity contribution in [2.75, 3.05) is 18.0 Å². The van der Waals surface area contributed by atoms with Crippen LogP contribution in [0.5, 0.6) is 0 Å². The highest BCUT2D eigenvalue weighted by Gasteiger charge is 2.43. The molecule has 1 amide bonds. The van der Waals surface area contributed by atoms with E-state index >= 15 is 0 Å². The molecule has 2 aromatic heterocycles. The van der Waals surface area contributed by atoms with Crippen molar-refractivity contribution in [2.24, 2.45) is 11.8 Å². The number of nitrogens with zero attached hydrogens (tertiary/aromatic N) is 6. The summed E-state index contributed by atoms with van der Waals surface area (Å²) in [7, 11) is 0. The molecule has 0 bridgehead atoms. The maximum absolute atomic E-state index is 12.8. The van der Waals surface area contributed by atoms with Crippen molar-refractivity contribution >= 4 is 23.3 Å². The quantitative estimate of drug-likeness (QED) is 0.792. The number of anilines is 1. The molecular formula is C18H25N7O3. The average molecular weight is 387 g/mol. The van der Waals surface area contributed by atoms with E-state index in [1.54, 1.807) is 0 Å². The van der Waals surface area contributed by atoms with Gasteiger partial charge in [0.1, 0.15) is 5.54 Å². The van der Waals surface area contributed by atoms with Crippen LogP contribution in [0, 0.1) is 11.8 Å². The molecule has 10 heteroatoms. The molecule has 0 aromatic carbocycles. The second-order valence-corrected chi connectivity index (χ2v) is 8.04. The topological polar surface area (TPSA) is 126 Å². The van der Waals surface area contributed by atoms with Crippen molar-refractivity contribution in [2.45, 2.75) is 51.0 Å². The number of aliphatic carboxylic acids is 1. The minimum atomic E-state index is -1.10. The van der Waals surface area contributed by atoms with Gasteiger partial charge in [0.15, 0.2) is 11.5 Å². The van der Waals surface area contributed by atoms with Crippen LogP contribution in [0.4, 0.5) is 5.82 Å². The summed E-state index contributed by atoms with van der Waals surface area (Å²) in [6, 6.07) is 3.68. The number of fused-ring (bicyclic) bond motifs is 1. The van der Waals surface area contributed by atoms with Crippen molar-refractivity contribution in [1.29, 1.82) is 0 Å². The van der Waals surface area contributed by atoms with Crippen LogP contribution in [-0.4, -0.2) is 60.9 Å². The Labute approximate surface area is 162 Å². The van der Waals surface area contributed by atoms with E-state index in [0.717, 1.165) is 18.7 Å². The van der Waals surface area contributed by atoms with Crippen molar-refractivity contribution < 1.29 is 14.7 Å². The van der Waals surface area contributed by atoms with E-state index in [2.05, 4.69) is 37.8 Å². The van der Waals surface area contributed by atoms with Crippen LogP contribution in [0.2, 0.25) is 0 Å². The second kappa shape index (κ2) is 7.33. The minimum absolute atomic E-state index is 0.138. The van der Waals surface area contributed by atoms with Crippen molar-refractivity contribution in [1.82, 2.24) is 30.6 Å². The van der Waals surface area contributed by atoms with Crippen LogP contribution in [0.15, 0.2) is 12.1 Å². The molecule has 4 rings (SSSR count). The van der Waals surface area contributed by atoms with Crippen molar-refractivity contribution in [3.05, 3.63) is 12.1 Å². The molecule has 1 saturated carbocycles. The average Bonchev–Trinajstić information content (AvgIpc) is 3.17. The summed E-state index contributed by atoms with van der Waals surface area (Å²) < 4.78 is 1.38. The molecule has 1 aliphatic heterocycles. The lowest BCUT2D eigenvalue weighted by Crippen LogP contribution is -2.58. The summed E-state index contributed by atoms with van der Waals surface area (Å²) >= 11 is 0. The fourth-order valence-corrected chi connectivity index (χ4v) is 4.16. The summed E-state index contributed by atoms with van der Waals surface area (Å²) in [6.07, 6.45) is 3.99. The molecular weight excluding hydrogens is 362 g/mol. The van der Waals surface area contributed by atoms with Gasteiger partial charge in [-0.15, -0.1) is 14.8 Å². The van der Waals surface area contributed by atoms with Crippen LogP contribution in [0.1, 0.15) is 45.4 Å². The van der Waals surface area contributed by atoms with E-state index in [1.165, 1.54) is 4.63 Å². The smallest absolute Gasteiger partial charge is 0.329 e. The second-order valence-electron chi connectivity index (χ2n) is 8.04. The van der Waals surface area contributed by atoms with Gasteiger partial charge in [0.25, 0.3) is 0 Å².